The summed E-state index contributed by atoms with van der Waals surface area (Å²) < 4.78 is 9.69. The summed E-state index contributed by atoms with van der Waals surface area (Å²) in [5, 5.41) is 44.7. The van der Waals surface area contributed by atoms with Gasteiger partial charge in [0.2, 0.25) is 22.4 Å². The zero-order chi connectivity index (χ0) is 23.7. The molecule has 0 aliphatic carbocycles. The number of carbonyl (C=O) groups excluding carboxylic acids is 1. The number of carbonyl (C=O) groups is 2. The van der Waals surface area contributed by atoms with E-state index in [2.05, 4.69) is 0 Å². The number of fused-ring (bicyclic) bond motifs is 2. The summed E-state index contributed by atoms with van der Waals surface area (Å²) in [4.78, 5) is 44.8. The Morgan fingerprint density at radius 1 is 0.719 bits per heavy atom. The smallest absolute Gasteiger partial charge is 0.342 e. The molecule has 0 aliphatic rings. The normalized spacial score (nSPS) is 10.5. The number of halogens is 1. The molecule has 0 spiro atoms. The van der Waals surface area contributed by atoms with Crippen LogP contribution in [0.3, 0.4) is 0 Å². The molecule has 32 heavy (non-hydrogen) atoms. The van der Waals surface area contributed by atoms with Gasteiger partial charge in [-0.3, -0.25) is 14.4 Å². The second kappa shape index (κ2) is 8.32. The minimum Gasteiger partial charge on any atom is -0.504 e. The standard InChI is InChI=1S/C10H5ClO5.C10H6O6/c11-10(15)5-3-16-9-4(7(5)13)1-2-6(12)8(9)14;11-6-2-1-4-7(12)5(10(14)15)3-16-9(4)8(6)13/h1-3,12,14H;1-3,11,13H,(H,14,15). The zero-order valence-electron chi connectivity index (χ0n) is 15.5. The van der Waals surface area contributed by atoms with Crippen LogP contribution in [0.25, 0.3) is 21.9 Å². The Balaban J connectivity index is 0.000000181. The van der Waals surface area contributed by atoms with Gasteiger partial charge in [-0.25, -0.2) is 4.79 Å². The highest BCUT2D eigenvalue weighted by Gasteiger charge is 2.17. The number of phenolic OH excluding ortho intramolecular Hbond substituents is 4. The lowest BCUT2D eigenvalue weighted by molar-refractivity contribution is 0.0693. The number of aromatic carboxylic acids is 1. The van der Waals surface area contributed by atoms with Crippen LogP contribution < -0.4 is 10.9 Å². The van der Waals surface area contributed by atoms with Crippen molar-refractivity contribution in [1.29, 1.82) is 0 Å². The van der Waals surface area contributed by atoms with Crippen LogP contribution >= 0.6 is 11.6 Å². The lowest BCUT2D eigenvalue weighted by Crippen LogP contribution is -2.13. The molecule has 0 fully saturated rings. The van der Waals surface area contributed by atoms with Crippen molar-refractivity contribution in [2.24, 2.45) is 0 Å². The minimum absolute atomic E-state index is 0.0261. The molecule has 0 bridgehead atoms. The molecule has 5 N–H and O–H groups in total. The molecule has 0 atom stereocenters. The molecule has 11 nitrogen and oxygen atoms in total. The van der Waals surface area contributed by atoms with Gasteiger partial charge in [-0.05, 0) is 35.9 Å². The van der Waals surface area contributed by atoms with Crippen LogP contribution in [-0.4, -0.2) is 36.7 Å². The molecule has 164 valence electrons. The fourth-order valence-corrected chi connectivity index (χ4v) is 2.76. The summed E-state index contributed by atoms with van der Waals surface area (Å²) in [5.41, 5.74) is -2.71. The second-order valence-corrected chi connectivity index (χ2v) is 6.50. The average Bonchev–Trinajstić information content (AvgIpc) is 2.74. The Kier molecular flexibility index (Phi) is 5.77. The molecule has 2 heterocycles. The monoisotopic (exact) mass is 462 g/mol. The summed E-state index contributed by atoms with van der Waals surface area (Å²) in [6, 6.07) is 4.62. The maximum absolute atomic E-state index is 11.7. The van der Waals surface area contributed by atoms with Crippen molar-refractivity contribution in [3.8, 4) is 23.0 Å². The first kappa shape index (κ1) is 22.2. The molecule has 4 rings (SSSR count). The molecular formula is C20H11ClO11. The second-order valence-electron chi connectivity index (χ2n) is 6.16. The predicted octanol–water partition coefficient (Wildman–Crippen LogP) is 2.49. The van der Waals surface area contributed by atoms with Gasteiger partial charge in [-0.15, -0.1) is 0 Å². The number of hydrogen-bond donors (Lipinski definition) is 5. The SMILES string of the molecule is O=C(Cl)c1coc2c(O)c(O)ccc2c1=O.O=C(O)c1coc2c(O)c(O)ccc2c1=O. The van der Waals surface area contributed by atoms with Gasteiger partial charge in [0.25, 0.3) is 5.24 Å². The lowest BCUT2D eigenvalue weighted by Gasteiger charge is -2.02. The van der Waals surface area contributed by atoms with Gasteiger partial charge >= 0.3 is 5.97 Å². The van der Waals surface area contributed by atoms with Crippen molar-refractivity contribution in [2.75, 3.05) is 0 Å². The van der Waals surface area contributed by atoms with Crippen molar-refractivity contribution in [3.63, 3.8) is 0 Å². The van der Waals surface area contributed by atoms with E-state index < -0.39 is 50.6 Å². The summed E-state index contributed by atoms with van der Waals surface area (Å²) >= 11 is 5.17. The summed E-state index contributed by atoms with van der Waals surface area (Å²) in [5.74, 6) is -3.42. The first-order valence-electron chi connectivity index (χ1n) is 8.40. The van der Waals surface area contributed by atoms with Crippen LogP contribution in [0.5, 0.6) is 23.0 Å². The Bertz CT molecular complexity index is 1400. The molecule has 0 radical (unpaired) electrons. The van der Waals surface area contributed by atoms with Gasteiger partial charge < -0.3 is 34.4 Å². The van der Waals surface area contributed by atoms with Gasteiger partial charge in [0, 0.05) is 0 Å². The summed E-state index contributed by atoms with van der Waals surface area (Å²) in [7, 11) is 0. The number of carboxylic acids is 1. The van der Waals surface area contributed by atoms with E-state index >= 15 is 0 Å². The van der Waals surface area contributed by atoms with Crippen LogP contribution in [-0.2, 0) is 0 Å². The Hall–Kier alpha value is -4.51. The van der Waals surface area contributed by atoms with Crippen LogP contribution in [0.15, 0.2) is 55.2 Å². The summed E-state index contributed by atoms with van der Waals surface area (Å²) in [6.45, 7) is 0. The van der Waals surface area contributed by atoms with Gasteiger partial charge in [0.15, 0.2) is 22.7 Å². The number of aromatic hydroxyl groups is 4. The number of rotatable bonds is 2. The van der Waals surface area contributed by atoms with E-state index in [-0.39, 0.29) is 27.5 Å². The van der Waals surface area contributed by atoms with Gasteiger partial charge in [0.1, 0.15) is 23.7 Å². The molecule has 12 heteroatoms. The maximum atomic E-state index is 11.7. The zero-order valence-corrected chi connectivity index (χ0v) is 16.3. The number of phenols is 4. The highest BCUT2D eigenvalue weighted by molar-refractivity contribution is 6.67. The minimum atomic E-state index is -1.41. The van der Waals surface area contributed by atoms with E-state index in [0.29, 0.717) is 0 Å². The van der Waals surface area contributed by atoms with E-state index in [9.17, 15) is 34.5 Å². The quantitative estimate of drug-likeness (QED) is 0.217. The van der Waals surface area contributed by atoms with E-state index in [1.54, 1.807) is 0 Å². The topological polar surface area (TPSA) is 196 Å². The molecule has 0 amide bonds. The van der Waals surface area contributed by atoms with Gasteiger partial charge in [-0.2, -0.15) is 0 Å². The van der Waals surface area contributed by atoms with Crippen molar-refractivity contribution in [1.82, 2.24) is 0 Å². The van der Waals surface area contributed by atoms with Gasteiger partial charge in [0.05, 0.1) is 10.8 Å². The Labute approximate surface area is 180 Å². The maximum Gasteiger partial charge on any atom is 0.342 e. The number of hydrogen-bond acceptors (Lipinski definition) is 10. The van der Waals surface area contributed by atoms with E-state index in [4.69, 9.17) is 30.6 Å². The molecule has 0 aliphatic heterocycles. The molecule has 0 saturated carbocycles. The van der Waals surface area contributed by atoms with Crippen LogP contribution in [0.2, 0.25) is 0 Å². The van der Waals surface area contributed by atoms with E-state index in [0.717, 1.165) is 24.7 Å². The van der Waals surface area contributed by atoms with Crippen LogP contribution in [0, 0.1) is 0 Å². The van der Waals surface area contributed by atoms with Crippen LogP contribution in [0.1, 0.15) is 20.7 Å². The van der Waals surface area contributed by atoms with E-state index in [1.807, 2.05) is 0 Å². The Morgan fingerprint density at radius 3 is 1.53 bits per heavy atom. The van der Waals surface area contributed by atoms with Gasteiger partial charge in [-0.1, -0.05) is 0 Å². The molecular weight excluding hydrogens is 452 g/mol. The highest BCUT2D eigenvalue weighted by atomic mass is 35.5. The fraction of sp³-hybridized carbons (Fsp3) is 0. The average molecular weight is 463 g/mol. The molecule has 0 saturated heterocycles. The molecule has 2 aromatic carbocycles. The molecule has 0 unspecified atom stereocenters. The van der Waals surface area contributed by atoms with E-state index in [1.165, 1.54) is 12.1 Å². The molecule has 4 aromatic rings. The third kappa shape index (κ3) is 3.79. The predicted molar refractivity (Wildman–Crippen MR) is 109 cm³/mol. The van der Waals surface area contributed by atoms with Crippen molar-refractivity contribution < 1.29 is 44.0 Å². The number of carboxylic acid groups (broad SMARTS) is 1. The first-order chi connectivity index (χ1) is 15.0. The fourth-order valence-electron chi connectivity index (χ4n) is 2.63. The third-order valence-corrected chi connectivity index (χ3v) is 4.43. The van der Waals surface area contributed by atoms with Crippen LogP contribution in [0.4, 0.5) is 0 Å². The largest absolute Gasteiger partial charge is 0.504 e. The Morgan fingerprint density at radius 2 is 1.12 bits per heavy atom. The van der Waals surface area contributed by atoms with Crippen molar-refractivity contribution in [2.45, 2.75) is 0 Å². The molecule has 2 aromatic heterocycles. The summed E-state index contributed by atoms with van der Waals surface area (Å²) in [6.07, 6.45) is 1.57. The highest BCUT2D eigenvalue weighted by Crippen LogP contribution is 2.33. The number of benzene rings is 2. The van der Waals surface area contributed by atoms with Crippen molar-refractivity contribution in [3.05, 3.63) is 68.4 Å². The third-order valence-electron chi connectivity index (χ3n) is 4.23. The lowest BCUT2D eigenvalue weighted by atomic mass is 10.1. The van der Waals surface area contributed by atoms with Crippen molar-refractivity contribution >= 4 is 44.8 Å². The first-order valence-corrected chi connectivity index (χ1v) is 8.78.